The first-order valence-electron chi connectivity index (χ1n) is 10.1. The molecule has 0 radical (unpaired) electrons. The first kappa shape index (κ1) is 20.5. The van der Waals surface area contributed by atoms with Crippen molar-refractivity contribution in [3.63, 3.8) is 0 Å². The molecule has 0 saturated carbocycles. The third kappa shape index (κ3) is 4.46. The Labute approximate surface area is 193 Å². The van der Waals surface area contributed by atoms with Gasteiger partial charge in [-0.05, 0) is 54.6 Å². The van der Waals surface area contributed by atoms with Crippen LogP contribution in [0.3, 0.4) is 0 Å². The number of non-ortho nitro benzene ring substituents is 1. The molecule has 0 atom stereocenters. The summed E-state index contributed by atoms with van der Waals surface area (Å²) in [7, 11) is 0. The Bertz CT molecular complexity index is 1400. The minimum atomic E-state index is -0.421. The fourth-order valence-electron chi connectivity index (χ4n) is 3.43. The summed E-state index contributed by atoms with van der Waals surface area (Å²) < 4.78 is 0.704. The Morgan fingerprint density at radius 3 is 1.97 bits per heavy atom. The van der Waals surface area contributed by atoms with E-state index in [2.05, 4.69) is 44.4 Å². The molecule has 8 heteroatoms. The van der Waals surface area contributed by atoms with Gasteiger partial charge in [-0.2, -0.15) is 0 Å². The summed E-state index contributed by atoms with van der Waals surface area (Å²) >= 11 is 1.27. The highest BCUT2D eigenvalue weighted by Crippen LogP contribution is 2.36. The SMILES string of the molecule is O=[N+]([O-])c1ccc2nc(N=Nc3ccc(N(c4ccccc4)c4ccccc4)cc3)sc2c1. The number of thiazole rings is 1. The Balaban J connectivity index is 1.41. The Morgan fingerprint density at radius 2 is 1.36 bits per heavy atom. The van der Waals surface area contributed by atoms with Gasteiger partial charge in [0.15, 0.2) is 0 Å². The largest absolute Gasteiger partial charge is 0.311 e. The number of anilines is 3. The lowest BCUT2D eigenvalue weighted by atomic mass is 10.2. The minimum Gasteiger partial charge on any atom is -0.311 e. The second-order valence-corrected chi connectivity index (χ2v) is 8.14. The van der Waals surface area contributed by atoms with E-state index in [-0.39, 0.29) is 5.69 Å². The van der Waals surface area contributed by atoms with E-state index in [0.717, 1.165) is 17.1 Å². The molecule has 0 unspecified atom stereocenters. The zero-order valence-corrected chi connectivity index (χ0v) is 18.1. The third-order valence-electron chi connectivity index (χ3n) is 4.96. The van der Waals surface area contributed by atoms with Gasteiger partial charge in [-0.3, -0.25) is 10.1 Å². The van der Waals surface area contributed by atoms with Crippen LogP contribution in [0.25, 0.3) is 10.2 Å². The number of nitrogens with zero attached hydrogens (tertiary/aromatic N) is 5. The molecule has 7 nitrogen and oxygen atoms in total. The van der Waals surface area contributed by atoms with Crippen molar-refractivity contribution >= 4 is 55.1 Å². The number of hydrogen-bond donors (Lipinski definition) is 0. The molecule has 4 aromatic carbocycles. The smallest absolute Gasteiger partial charge is 0.270 e. The van der Waals surface area contributed by atoms with Gasteiger partial charge >= 0.3 is 0 Å². The summed E-state index contributed by atoms with van der Waals surface area (Å²) in [6.45, 7) is 0. The van der Waals surface area contributed by atoms with Gasteiger partial charge < -0.3 is 4.90 Å². The second-order valence-electron chi connectivity index (χ2n) is 7.13. The van der Waals surface area contributed by atoms with Crippen LogP contribution in [-0.2, 0) is 0 Å². The van der Waals surface area contributed by atoms with Gasteiger partial charge in [0.2, 0.25) is 5.13 Å². The first-order valence-corrected chi connectivity index (χ1v) is 11.0. The van der Waals surface area contributed by atoms with E-state index in [0.29, 0.717) is 21.0 Å². The molecule has 0 spiro atoms. The molecular weight excluding hydrogens is 434 g/mol. The highest BCUT2D eigenvalue weighted by molar-refractivity contribution is 7.21. The molecule has 5 aromatic rings. The number of fused-ring (bicyclic) bond motifs is 1. The molecule has 0 saturated heterocycles. The monoisotopic (exact) mass is 451 g/mol. The van der Waals surface area contributed by atoms with Gasteiger partial charge in [0, 0.05) is 29.2 Å². The lowest BCUT2D eigenvalue weighted by Gasteiger charge is -2.25. The van der Waals surface area contributed by atoms with E-state index in [1.165, 1.54) is 23.5 Å². The lowest BCUT2D eigenvalue weighted by molar-refractivity contribution is -0.384. The Morgan fingerprint density at radius 1 is 0.758 bits per heavy atom. The minimum absolute atomic E-state index is 0.0339. The van der Waals surface area contributed by atoms with Gasteiger partial charge in [-0.25, -0.2) is 4.98 Å². The van der Waals surface area contributed by atoms with E-state index in [4.69, 9.17) is 0 Å². The second kappa shape index (κ2) is 8.97. The molecule has 33 heavy (non-hydrogen) atoms. The van der Waals surface area contributed by atoms with E-state index in [9.17, 15) is 10.1 Å². The summed E-state index contributed by atoms with van der Waals surface area (Å²) in [5.41, 5.74) is 4.50. The van der Waals surface area contributed by atoms with E-state index in [1.807, 2.05) is 60.7 Å². The van der Waals surface area contributed by atoms with Crippen molar-refractivity contribution in [3.05, 3.63) is 113 Å². The molecule has 0 fully saturated rings. The maximum absolute atomic E-state index is 11.0. The first-order chi connectivity index (χ1) is 16.2. The normalized spacial score (nSPS) is 11.2. The molecular formula is C25H17N5O2S. The van der Waals surface area contributed by atoms with Crippen LogP contribution >= 0.6 is 11.3 Å². The van der Waals surface area contributed by atoms with Crippen molar-refractivity contribution in [2.45, 2.75) is 0 Å². The van der Waals surface area contributed by atoms with Crippen LogP contribution in [0, 0.1) is 10.1 Å². The van der Waals surface area contributed by atoms with Crippen molar-refractivity contribution in [1.29, 1.82) is 0 Å². The van der Waals surface area contributed by atoms with Crippen LogP contribution in [0.15, 0.2) is 113 Å². The summed E-state index contributed by atoms with van der Waals surface area (Å²) in [6, 6.07) is 32.7. The molecule has 1 aromatic heterocycles. The van der Waals surface area contributed by atoms with Crippen LogP contribution in [-0.4, -0.2) is 9.91 Å². The highest BCUT2D eigenvalue weighted by atomic mass is 32.1. The van der Waals surface area contributed by atoms with Crippen LogP contribution in [0.4, 0.5) is 33.6 Å². The molecule has 0 amide bonds. The number of rotatable bonds is 6. The summed E-state index contributed by atoms with van der Waals surface area (Å²) in [4.78, 5) is 17.1. The topological polar surface area (TPSA) is 84.0 Å². The Kier molecular flexibility index (Phi) is 5.57. The van der Waals surface area contributed by atoms with Crippen molar-refractivity contribution in [2.75, 3.05) is 4.90 Å². The lowest BCUT2D eigenvalue weighted by Crippen LogP contribution is -2.09. The number of benzene rings is 4. The summed E-state index contributed by atoms with van der Waals surface area (Å²) in [5.74, 6) is 0. The maximum atomic E-state index is 11.0. The van der Waals surface area contributed by atoms with E-state index in [1.54, 1.807) is 6.07 Å². The van der Waals surface area contributed by atoms with Crippen molar-refractivity contribution in [2.24, 2.45) is 10.2 Å². The van der Waals surface area contributed by atoms with Crippen LogP contribution in [0.5, 0.6) is 0 Å². The van der Waals surface area contributed by atoms with Crippen LogP contribution in [0.2, 0.25) is 0 Å². The number of nitro benzene ring substituents is 1. The number of aromatic nitrogens is 1. The number of hydrogen-bond acceptors (Lipinski definition) is 7. The fraction of sp³-hybridized carbons (Fsp3) is 0. The molecule has 0 aliphatic rings. The molecule has 0 N–H and O–H groups in total. The van der Waals surface area contributed by atoms with Crippen LogP contribution < -0.4 is 4.90 Å². The quantitative estimate of drug-likeness (QED) is 0.148. The zero-order chi connectivity index (χ0) is 22.6. The third-order valence-corrected chi connectivity index (χ3v) is 5.86. The Hall–Kier alpha value is -4.43. The molecule has 0 aliphatic heterocycles. The van der Waals surface area contributed by atoms with Gasteiger partial charge in [-0.15, -0.1) is 10.2 Å². The van der Waals surface area contributed by atoms with E-state index >= 15 is 0 Å². The number of para-hydroxylation sites is 2. The molecule has 5 rings (SSSR count). The predicted octanol–water partition coefficient (Wildman–Crippen LogP) is 8.09. The zero-order valence-electron chi connectivity index (χ0n) is 17.3. The standard InChI is InChI=1S/C25H17N5O2S/c31-30(32)22-15-16-23-24(17-22)33-25(26-23)28-27-18-11-13-21(14-12-18)29(19-7-3-1-4-8-19)20-9-5-2-6-10-20/h1-17H. The average Bonchev–Trinajstić information content (AvgIpc) is 3.27. The molecule has 0 aliphatic carbocycles. The van der Waals surface area contributed by atoms with Gasteiger partial charge in [0.25, 0.3) is 5.69 Å². The molecule has 0 bridgehead atoms. The molecule has 160 valence electrons. The molecule has 1 heterocycles. The van der Waals surface area contributed by atoms with Crippen molar-refractivity contribution in [1.82, 2.24) is 4.98 Å². The summed E-state index contributed by atoms with van der Waals surface area (Å²) in [6.07, 6.45) is 0. The number of nitro groups is 1. The maximum Gasteiger partial charge on any atom is 0.270 e. The highest BCUT2D eigenvalue weighted by Gasteiger charge is 2.12. The predicted molar refractivity (Wildman–Crippen MR) is 132 cm³/mol. The fourth-order valence-corrected chi connectivity index (χ4v) is 4.25. The van der Waals surface area contributed by atoms with Gasteiger partial charge in [-0.1, -0.05) is 47.7 Å². The van der Waals surface area contributed by atoms with Crippen molar-refractivity contribution in [3.8, 4) is 0 Å². The number of azo groups is 1. The van der Waals surface area contributed by atoms with E-state index < -0.39 is 4.92 Å². The van der Waals surface area contributed by atoms with Gasteiger partial charge in [0.05, 0.1) is 20.8 Å². The van der Waals surface area contributed by atoms with Gasteiger partial charge in [0.1, 0.15) is 0 Å². The average molecular weight is 452 g/mol. The van der Waals surface area contributed by atoms with Crippen molar-refractivity contribution < 1.29 is 4.92 Å². The summed E-state index contributed by atoms with van der Waals surface area (Å²) in [5, 5.41) is 19.9. The van der Waals surface area contributed by atoms with Crippen LogP contribution in [0.1, 0.15) is 0 Å².